The highest BCUT2D eigenvalue weighted by atomic mass is 16.5. The van der Waals surface area contributed by atoms with Crippen LogP contribution < -0.4 is 5.32 Å². The molecular weight excluding hydrogens is 244 g/mol. The van der Waals surface area contributed by atoms with Crippen molar-refractivity contribution in [1.82, 2.24) is 20.5 Å². The molecule has 19 heavy (non-hydrogen) atoms. The number of carbonyl (C=O) groups excluding carboxylic acids is 1. The molecule has 0 radical (unpaired) electrons. The van der Waals surface area contributed by atoms with Gasteiger partial charge in [-0.05, 0) is 19.3 Å². The van der Waals surface area contributed by atoms with Gasteiger partial charge in [-0.1, -0.05) is 26.2 Å². The lowest BCUT2D eigenvalue weighted by atomic mass is 9.97. The fourth-order valence-electron chi connectivity index (χ4n) is 2.38. The first kappa shape index (κ1) is 14.0. The molecule has 0 saturated heterocycles. The van der Waals surface area contributed by atoms with E-state index < -0.39 is 0 Å². The van der Waals surface area contributed by atoms with Crippen molar-refractivity contribution in [3.05, 3.63) is 12.2 Å². The Kier molecular flexibility index (Phi) is 5.32. The molecule has 2 rings (SSSR count). The highest BCUT2D eigenvalue weighted by Crippen LogP contribution is 2.22. The second kappa shape index (κ2) is 7.23. The third kappa shape index (κ3) is 4.31. The number of aromatic amines is 1. The summed E-state index contributed by atoms with van der Waals surface area (Å²) in [6.07, 6.45) is 7.87. The predicted molar refractivity (Wildman–Crippen MR) is 70.3 cm³/mol. The molecule has 2 N–H and O–H groups in total. The predicted octanol–water partition coefficient (Wildman–Crippen LogP) is 1.55. The zero-order chi connectivity index (χ0) is 13.5. The third-order valence-electron chi connectivity index (χ3n) is 3.47. The summed E-state index contributed by atoms with van der Waals surface area (Å²) in [7, 11) is 0. The molecule has 0 aromatic carbocycles. The molecule has 1 aliphatic carbocycles. The van der Waals surface area contributed by atoms with E-state index in [1.165, 1.54) is 25.6 Å². The molecule has 1 atom stereocenters. The van der Waals surface area contributed by atoms with E-state index in [-0.39, 0.29) is 18.1 Å². The van der Waals surface area contributed by atoms with Crippen molar-refractivity contribution in [3.8, 4) is 0 Å². The van der Waals surface area contributed by atoms with Crippen LogP contribution in [0, 0.1) is 0 Å². The Bertz CT molecular complexity index is 374. The van der Waals surface area contributed by atoms with Crippen LogP contribution in [0.2, 0.25) is 0 Å². The summed E-state index contributed by atoms with van der Waals surface area (Å²) in [6, 6.07) is 0. The average Bonchev–Trinajstić information content (AvgIpc) is 2.96. The number of hydrogen-bond acceptors (Lipinski definition) is 4. The van der Waals surface area contributed by atoms with E-state index in [9.17, 15) is 4.79 Å². The van der Waals surface area contributed by atoms with Crippen LogP contribution in [0.1, 0.15) is 51.3 Å². The minimum absolute atomic E-state index is 0.0653. The maximum atomic E-state index is 12.0. The van der Waals surface area contributed by atoms with E-state index in [1.807, 2.05) is 6.92 Å². The Morgan fingerprint density at radius 3 is 2.95 bits per heavy atom. The molecule has 1 heterocycles. The van der Waals surface area contributed by atoms with E-state index in [1.54, 1.807) is 0 Å². The Morgan fingerprint density at radius 1 is 1.53 bits per heavy atom. The van der Waals surface area contributed by atoms with Gasteiger partial charge >= 0.3 is 0 Å². The van der Waals surface area contributed by atoms with Gasteiger partial charge in [-0.2, -0.15) is 5.10 Å². The van der Waals surface area contributed by atoms with Gasteiger partial charge in [0.2, 0.25) is 5.91 Å². The average molecular weight is 266 g/mol. The molecule has 1 fully saturated rings. The molecule has 1 aromatic heterocycles. The van der Waals surface area contributed by atoms with Crippen LogP contribution in [0.4, 0.5) is 0 Å². The minimum Gasteiger partial charge on any atom is -0.365 e. The molecule has 0 unspecified atom stereocenters. The highest BCUT2D eigenvalue weighted by molar-refractivity contribution is 5.80. The van der Waals surface area contributed by atoms with Gasteiger partial charge in [0.05, 0.1) is 12.6 Å². The fourth-order valence-corrected chi connectivity index (χ4v) is 2.38. The van der Waals surface area contributed by atoms with Crippen LogP contribution in [0.25, 0.3) is 0 Å². The summed E-state index contributed by atoms with van der Waals surface area (Å²) in [5, 5.41) is 9.28. The van der Waals surface area contributed by atoms with Crippen LogP contribution >= 0.6 is 0 Å². The van der Waals surface area contributed by atoms with Crippen LogP contribution in [-0.4, -0.2) is 33.3 Å². The normalized spacial score (nSPS) is 18.2. The van der Waals surface area contributed by atoms with Gasteiger partial charge in [0, 0.05) is 0 Å². The second-order valence-electron chi connectivity index (χ2n) is 4.94. The molecule has 0 bridgehead atoms. The van der Waals surface area contributed by atoms with Crippen LogP contribution in [0.3, 0.4) is 0 Å². The molecule has 6 heteroatoms. The van der Waals surface area contributed by atoms with Crippen LogP contribution in [0.15, 0.2) is 6.33 Å². The molecule has 1 amide bonds. The molecule has 0 spiro atoms. The van der Waals surface area contributed by atoms with Crippen molar-refractivity contribution in [2.45, 2.75) is 64.2 Å². The first-order valence-electron chi connectivity index (χ1n) is 7.07. The number of ether oxygens (including phenoxy) is 1. The van der Waals surface area contributed by atoms with Crippen molar-refractivity contribution in [2.24, 2.45) is 0 Å². The van der Waals surface area contributed by atoms with Crippen molar-refractivity contribution in [3.63, 3.8) is 0 Å². The summed E-state index contributed by atoms with van der Waals surface area (Å²) in [5.41, 5.74) is 0. The van der Waals surface area contributed by atoms with Crippen LogP contribution in [0.5, 0.6) is 0 Å². The highest BCUT2D eigenvalue weighted by Gasteiger charge is 2.23. The molecule has 6 nitrogen and oxygen atoms in total. The van der Waals surface area contributed by atoms with Crippen LogP contribution in [-0.2, 0) is 16.1 Å². The number of nitrogens with zero attached hydrogens (tertiary/aromatic N) is 2. The molecule has 0 aliphatic heterocycles. The van der Waals surface area contributed by atoms with Crippen molar-refractivity contribution >= 4 is 5.91 Å². The summed E-state index contributed by atoms with van der Waals surface area (Å²) >= 11 is 0. The second-order valence-corrected chi connectivity index (χ2v) is 4.94. The van der Waals surface area contributed by atoms with E-state index in [0.29, 0.717) is 18.8 Å². The SMILES string of the molecule is CC[C@@H](OC1CCCCC1)C(=O)NCc1ncn[nH]1. The van der Waals surface area contributed by atoms with E-state index in [0.717, 1.165) is 12.8 Å². The fraction of sp³-hybridized carbons (Fsp3) is 0.769. The number of carbonyl (C=O) groups is 1. The van der Waals surface area contributed by atoms with Crippen molar-refractivity contribution < 1.29 is 9.53 Å². The zero-order valence-corrected chi connectivity index (χ0v) is 11.4. The molecular formula is C13H22N4O2. The van der Waals surface area contributed by atoms with E-state index in [4.69, 9.17) is 4.74 Å². The minimum atomic E-state index is -0.356. The lowest BCUT2D eigenvalue weighted by Gasteiger charge is -2.26. The van der Waals surface area contributed by atoms with Gasteiger partial charge in [0.1, 0.15) is 18.3 Å². The first-order valence-corrected chi connectivity index (χ1v) is 7.07. The topological polar surface area (TPSA) is 79.9 Å². The van der Waals surface area contributed by atoms with Crippen molar-refractivity contribution in [2.75, 3.05) is 0 Å². The van der Waals surface area contributed by atoms with Gasteiger partial charge in [0.25, 0.3) is 0 Å². The largest absolute Gasteiger partial charge is 0.365 e. The number of nitrogens with one attached hydrogen (secondary N) is 2. The number of H-pyrrole nitrogens is 1. The lowest BCUT2D eigenvalue weighted by Crippen LogP contribution is -2.38. The number of rotatable bonds is 6. The standard InChI is InChI=1S/C13H22N4O2/c1-2-11(19-10-6-4-3-5-7-10)13(18)14-8-12-15-9-16-17-12/h9-11H,2-8H2,1H3,(H,14,18)(H,15,16,17)/t11-/m1/s1. The zero-order valence-electron chi connectivity index (χ0n) is 11.4. The van der Waals surface area contributed by atoms with Gasteiger partial charge in [-0.3, -0.25) is 9.89 Å². The Morgan fingerprint density at radius 2 is 2.32 bits per heavy atom. The van der Waals surface area contributed by atoms with Gasteiger partial charge in [-0.25, -0.2) is 4.98 Å². The Hall–Kier alpha value is -1.43. The van der Waals surface area contributed by atoms with Crippen molar-refractivity contribution in [1.29, 1.82) is 0 Å². The smallest absolute Gasteiger partial charge is 0.249 e. The third-order valence-corrected chi connectivity index (χ3v) is 3.47. The summed E-state index contributed by atoms with van der Waals surface area (Å²) in [4.78, 5) is 16.0. The van der Waals surface area contributed by atoms with Gasteiger partial charge in [-0.15, -0.1) is 0 Å². The molecule has 106 valence electrons. The maximum absolute atomic E-state index is 12.0. The Labute approximate surface area is 113 Å². The molecule has 1 aliphatic rings. The van der Waals surface area contributed by atoms with E-state index >= 15 is 0 Å². The quantitative estimate of drug-likeness (QED) is 0.818. The number of hydrogen-bond donors (Lipinski definition) is 2. The molecule has 1 saturated carbocycles. The number of amides is 1. The number of aromatic nitrogens is 3. The van der Waals surface area contributed by atoms with E-state index in [2.05, 4.69) is 20.5 Å². The first-order chi connectivity index (χ1) is 9.29. The Balaban J connectivity index is 1.77. The monoisotopic (exact) mass is 266 g/mol. The lowest BCUT2D eigenvalue weighted by molar-refractivity contribution is -0.138. The molecule has 1 aromatic rings. The summed E-state index contributed by atoms with van der Waals surface area (Å²) < 4.78 is 5.91. The summed E-state index contributed by atoms with van der Waals surface area (Å²) in [6.45, 7) is 2.34. The van der Waals surface area contributed by atoms with Gasteiger partial charge in [0.15, 0.2) is 0 Å². The maximum Gasteiger partial charge on any atom is 0.249 e. The summed E-state index contributed by atoms with van der Waals surface area (Å²) in [5.74, 6) is 0.588. The van der Waals surface area contributed by atoms with Gasteiger partial charge < -0.3 is 10.1 Å².